The highest BCUT2D eigenvalue weighted by Crippen LogP contribution is 2.30. The Morgan fingerprint density at radius 2 is 0.684 bits per heavy atom. The van der Waals surface area contributed by atoms with Crippen LogP contribution in [0.4, 0.5) is 0 Å². The van der Waals surface area contributed by atoms with Crippen molar-refractivity contribution in [1.29, 1.82) is 0 Å². The number of aliphatic carboxylic acids is 2. The molecule has 0 fully saturated rings. The molecular formula is C24H56O8Si6. The Balaban J connectivity index is 5.79. The van der Waals surface area contributed by atoms with Crippen molar-refractivity contribution in [2.45, 2.75) is 129 Å². The Morgan fingerprint density at radius 1 is 0.474 bits per heavy atom. The molecule has 0 aromatic heterocycles. The van der Waals surface area contributed by atoms with E-state index in [-0.39, 0.29) is 24.0 Å². The number of carbonyl (C=O) groups is 2. The van der Waals surface area contributed by atoms with Gasteiger partial charge >= 0.3 is 29.1 Å². The maximum absolute atomic E-state index is 12.2. The number of hydrogen-bond acceptors (Lipinski definition) is 6. The number of rotatable bonds is 18. The van der Waals surface area contributed by atoms with E-state index >= 15 is 0 Å². The van der Waals surface area contributed by atoms with Gasteiger partial charge in [0.2, 0.25) is 0 Å². The van der Waals surface area contributed by atoms with E-state index < -0.39 is 62.3 Å². The molecule has 0 aliphatic rings. The lowest BCUT2D eigenvalue weighted by Gasteiger charge is -2.38. The molecule has 8 nitrogen and oxygen atoms in total. The summed E-state index contributed by atoms with van der Waals surface area (Å²) in [5, 5.41) is 19.9. The summed E-state index contributed by atoms with van der Waals surface area (Å²) in [4.78, 5) is 24.4. The van der Waals surface area contributed by atoms with Crippen LogP contribution in [0.25, 0.3) is 0 Å². The molecule has 0 atom stereocenters. The van der Waals surface area contributed by atoms with E-state index in [1.165, 1.54) is 0 Å². The highest BCUT2D eigenvalue weighted by Gasteiger charge is 2.41. The predicted molar refractivity (Wildman–Crippen MR) is 171 cm³/mol. The van der Waals surface area contributed by atoms with Gasteiger partial charge in [-0.3, -0.25) is 0 Å². The Morgan fingerprint density at radius 3 is 0.842 bits per heavy atom. The lowest BCUT2D eigenvalue weighted by molar-refractivity contribution is -0.136. The zero-order valence-electron chi connectivity index (χ0n) is 26.6. The van der Waals surface area contributed by atoms with Gasteiger partial charge < -0.3 is 26.7 Å². The van der Waals surface area contributed by atoms with Gasteiger partial charge in [-0.15, -0.1) is 0 Å². The Kier molecular flexibility index (Phi) is 14.1. The number of carboxylic acids is 2. The highest BCUT2D eigenvalue weighted by atomic mass is 28.5. The average Bonchev–Trinajstić information content (AvgIpc) is 2.55. The smallest absolute Gasteiger partial charge is 0.332 e. The van der Waals surface area contributed by atoms with Crippen LogP contribution in [0.1, 0.15) is 25.7 Å². The van der Waals surface area contributed by atoms with E-state index in [2.05, 4.69) is 91.7 Å². The van der Waals surface area contributed by atoms with Crippen LogP contribution in [0.2, 0.25) is 104 Å². The van der Waals surface area contributed by atoms with Crippen LogP contribution in [-0.4, -0.2) is 72.5 Å². The molecule has 0 heterocycles. The van der Waals surface area contributed by atoms with Crippen molar-refractivity contribution in [3.63, 3.8) is 0 Å². The van der Waals surface area contributed by atoms with Gasteiger partial charge in [-0.05, 0) is 129 Å². The summed E-state index contributed by atoms with van der Waals surface area (Å²) in [5.41, 5.74) is -0.0362. The Bertz CT molecular complexity index is 735. The van der Waals surface area contributed by atoms with Crippen LogP contribution in [0, 0.1) is 0 Å². The summed E-state index contributed by atoms with van der Waals surface area (Å²) in [5.74, 6) is -2.33. The number of hydrogen-bond donors (Lipinski definition) is 2. The van der Waals surface area contributed by atoms with Crippen LogP contribution in [0.3, 0.4) is 0 Å². The molecule has 0 amide bonds. The van der Waals surface area contributed by atoms with Gasteiger partial charge in [0.1, 0.15) is 0 Å². The summed E-state index contributed by atoms with van der Waals surface area (Å²) < 4.78 is 26.1. The zero-order valence-corrected chi connectivity index (χ0v) is 32.6. The standard InChI is InChI=1S/C24H56O8Si6/c1-33(2,3)29-37(13,30-34(4,5)6)19-15-17-21(23(25)26)22(24(27)28)18-16-20-38(14,31-35(7,8)9)32-36(10,11)12/h15-20H2,1-14H3,(H,25,26)(H,27,28)/b22-21+. The summed E-state index contributed by atoms with van der Waals surface area (Å²) in [6.45, 7) is 29.7. The molecule has 224 valence electrons. The SMILES string of the molecule is C[Si](C)(C)O[Si](C)(CCC/C(C(=O)O)=C(/CCC[Si](C)(O[Si](C)(C)C)O[Si](C)(C)C)C(=O)O)O[Si](C)(C)C. The van der Waals surface area contributed by atoms with Crippen LogP contribution in [0.15, 0.2) is 11.1 Å². The topological polar surface area (TPSA) is 112 Å². The van der Waals surface area contributed by atoms with Crippen molar-refractivity contribution in [2.24, 2.45) is 0 Å². The second-order valence-corrected chi connectivity index (χ2v) is 40.1. The highest BCUT2D eigenvalue weighted by molar-refractivity contribution is 6.88. The van der Waals surface area contributed by atoms with Crippen LogP contribution in [0.5, 0.6) is 0 Å². The summed E-state index contributed by atoms with van der Waals surface area (Å²) >= 11 is 0. The maximum Gasteiger partial charge on any atom is 0.332 e. The number of carboxylic acid groups (broad SMARTS) is 2. The van der Waals surface area contributed by atoms with Crippen molar-refractivity contribution < 1.29 is 36.3 Å². The van der Waals surface area contributed by atoms with Crippen molar-refractivity contribution in [1.82, 2.24) is 0 Å². The summed E-state index contributed by atoms with van der Waals surface area (Å²) in [6, 6.07) is 1.26. The molecule has 0 spiro atoms. The molecule has 0 rings (SSSR count). The first kappa shape index (κ1) is 37.8. The molecule has 0 radical (unpaired) electrons. The fourth-order valence-electron chi connectivity index (χ4n) is 4.78. The van der Waals surface area contributed by atoms with Crippen molar-refractivity contribution in [2.75, 3.05) is 0 Å². The van der Waals surface area contributed by atoms with Gasteiger partial charge in [0.05, 0.1) is 0 Å². The van der Waals surface area contributed by atoms with Crippen LogP contribution < -0.4 is 0 Å². The minimum atomic E-state index is -2.54. The summed E-state index contributed by atoms with van der Waals surface area (Å²) in [7, 11) is -12.6. The fourth-order valence-corrected chi connectivity index (χ4v) is 29.9. The molecule has 38 heavy (non-hydrogen) atoms. The zero-order chi connectivity index (χ0) is 30.4. The molecule has 0 aliphatic heterocycles. The Hall–Kier alpha value is -0.179. The minimum Gasteiger partial charge on any atom is -0.478 e. The largest absolute Gasteiger partial charge is 0.478 e. The Labute approximate surface area is 238 Å². The third-order valence-electron chi connectivity index (χ3n) is 5.08. The molecule has 14 heteroatoms. The molecule has 0 aromatic carbocycles. The van der Waals surface area contributed by atoms with Gasteiger partial charge in [0.25, 0.3) is 0 Å². The van der Waals surface area contributed by atoms with Gasteiger partial charge in [-0.2, -0.15) is 0 Å². The molecule has 0 bridgehead atoms. The summed E-state index contributed by atoms with van der Waals surface area (Å²) in [6.07, 6.45) is 1.38. The van der Waals surface area contributed by atoms with Gasteiger partial charge in [-0.1, -0.05) is 0 Å². The van der Waals surface area contributed by atoms with E-state index in [1.807, 2.05) is 0 Å². The fraction of sp³-hybridized carbons (Fsp3) is 0.833. The molecule has 0 aliphatic carbocycles. The van der Waals surface area contributed by atoms with E-state index in [1.54, 1.807) is 0 Å². The first-order chi connectivity index (χ1) is 16.7. The normalized spacial score (nSPS) is 14.9. The van der Waals surface area contributed by atoms with Crippen LogP contribution in [-0.2, 0) is 26.0 Å². The lowest BCUT2D eigenvalue weighted by atomic mass is 10.00. The van der Waals surface area contributed by atoms with Crippen molar-refractivity contribution in [3.8, 4) is 0 Å². The first-order valence-corrected chi connectivity index (χ1v) is 32.3. The predicted octanol–water partition coefficient (Wildman–Crippen LogP) is 7.56. The van der Waals surface area contributed by atoms with E-state index in [4.69, 9.17) is 16.5 Å². The van der Waals surface area contributed by atoms with Crippen molar-refractivity contribution in [3.05, 3.63) is 11.1 Å². The minimum absolute atomic E-state index is 0.0181. The lowest BCUT2D eigenvalue weighted by Crippen LogP contribution is -2.52. The monoisotopic (exact) mass is 640 g/mol. The molecular weight excluding hydrogens is 585 g/mol. The molecule has 0 aromatic rings. The maximum atomic E-state index is 12.2. The third-order valence-corrected chi connectivity index (χ3v) is 24.3. The molecule has 0 unspecified atom stereocenters. The van der Waals surface area contributed by atoms with E-state index in [9.17, 15) is 19.8 Å². The van der Waals surface area contributed by atoms with Gasteiger partial charge in [0, 0.05) is 11.1 Å². The second-order valence-electron chi connectivity index (χ2n) is 14.4. The van der Waals surface area contributed by atoms with Crippen molar-refractivity contribution >= 4 is 62.3 Å². The molecule has 0 saturated heterocycles. The first-order valence-electron chi connectivity index (χ1n) is 13.7. The average molecular weight is 641 g/mol. The van der Waals surface area contributed by atoms with Gasteiger partial charge in [-0.25, -0.2) is 9.59 Å². The molecule has 2 N–H and O–H groups in total. The van der Waals surface area contributed by atoms with Gasteiger partial charge in [0.15, 0.2) is 33.3 Å². The second kappa shape index (κ2) is 14.1. The van der Waals surface area contributed by atoms with E-state index in [0.29, 0.717) is 24.9 Å². The third kappa shape index (κ3) is 17.5. The molecule has 0 saturated carbocycles. The van der Waals surface area contributed by atoms with E-state index in [0.717, 1.165) is 0 Å². The van der Waals surface area contributed by atoms with Crippen LogP contribution >= 0.6 is 0 Å². The quantitative estimate of drug-likeness (QED) is 0.117.